The van der Waals surface area contributed by atoms with Gasteiger partial charge in [0.2, 0.25) is 11.8 Å². The van der Waals surface area contributed by atoms with Crippen LogP contribution in [0, 0.1) is 0 Å². The van der Waals surface area contributed by atoms with Crippen LogP contribution in [-0.2, 0) is 22.6 Å². The molecule has 2 N–H and O–H groups in total. The third-order valence-corrected chi connectivity index (χ3v) is 4.71. The van der Waals surface area contributed by atoms with E-state index in [2.05, 4.69) is 16.4 Å². The Labute approximate surface area is 159 Å². The standard InChI is InChI=1S/C22H25N3O2/c1-3-25(16(2)26)15-17-7-6-8-19(13-17)24-22(27)12-11-18-14-23-21-10-5-4-9-20(18)21/h4-10,13-14,23H,3,11-12,15H2,1-2H3,(H,24,27). The van der Waals surface area contributed by atoms with Crippen molar-refractivity contribution in [1.29, 1.82) is 0 Å². The molecule has 0 bridgehead atoms. The first kappa shape index (κ1) is 18.7. The molecule has 0 aliphatic carbocycles. The number of aromatic amines is 1. The first-order chi connectivity index (χ1) is 13.1. The van der Waals surface area contributed by atoms with E-state index in [4.69, 9.17) is 0 Å². The molecule has 2 amide bonds. The van der Waals surface area contributed by atoms with Crippen LogP contribution >= 0.6 is 0 Å². The number of carbonyl (C=O) groups excluding carboxylic acids is 2. The lowest BCUT2D eigenvalue weighted by molar-refractivity contribution is -0.129. The van der Waals surface area contributed by atoms with Crippen molar-refractivity contribution in [3.8, 4) is 0 Å². The first-order valence-electron chi connectivity index (χ1n) is 9.26. The van der Waals surface area contributed by atoms with Crippen LogP contribution in [0.5, 0.6) is 0 Å². The van der Waals surface area contributed by atoms with E-state index < -0.39 is 0 Å². The van der Waals surface area contributed by atoms with Gasteiger partial charge in [-0.1, -0.05) is 30.3 Å². The van der Waals surface area contributed by atoms with E-state index in [0.717, 1.165) is 27.7 Å². The number of rotatable bonds is 7. The van der Waals surface area contributed by atoms with Crippen molar-refractivity contribution in [2.75, 3.05) is 11.9 Å². The summed E-state index contributed by atoms with van der Waals surface area (Å²) in [6, 6.07) is 15.8. The molecule has 3 rings (SSSR count). The highest BCUT2D eigenvalue weighted by molar-refractivity contribution is 5.91. The SMILES string of the molecule is CCN(Cc1cccc(NC(=O)CCc2c[nH]c3ccccc23)c1)C(C)=O. The normalized spacial score (nSPS) is 10.7. The average Bonchev–Trinajstić information content (AvgIpc) is 3.08. The van der Waals surface area contributed by atoms with E-state index in [1.807, 2.05) is 55.6 Å². The molecule has 0 saturated heterocycles. The van der Waals surface area contributed by atoms with E-state index in [9.17, 15) is 9.59 Å². The quantitative estimate of drug-likeness (QED) is 0.663. The zero-order valence-corrected chi connectivity index (χ0v) is 15.8. The summed E-state index contributed by atoms with van der Waals surface area (Å²) in [5.74, 6) is 0.0296. The van der Waals surface area contributed by atoms with Gasteiger partial charge >= 0.3 is 0 Å². The fourth-order valence-corrected chi connectivity index (χ4v) is 3.22. The number of aryl methyl sites for hydroxylation is 1. The van der Waals surface area contributed by atoms with Crippen LogP contribution in [0.2, 0.25) is 0 Å². The van der Waals surface area contributed by atoms with Gasteiger partial charge in [0.25, 0.3) is 0 Å². The minimum Gasteiger partial charge on any atom is -0.361 e. The van der Waals surface area contributed by atoms with Crippen LogP contribution < -0.4 is 5.32 Å². The van der Waals surface area contributed by atoms with Gasteiger partial charge in [-0.05, 0) is 42.7 Å². The number of hydrogen-bond acceptors (Lipinski definition) is 2. The summed E-state index contributed by atoms with van der Waals surface area (Å²) in [7, 11) is 0. The molecular weight excluding hydrogens is 338 g/mol. The van der Waals surface area contributed by atoms with Crippen LogP contribution in [-0.4, -0.2) is 28.2 Å². The number of H-pyrrole nitrogens is 1. The van der Waals surface area contributed by atoms with Gasteiger partial charge in [0.1, 0.15) is 0 Å². The molecule has 0 spiro atoms. The van der Waals surface area contributed by atoms with Crippen LogP contribution in [0.1, 0.15) is 31.4 Å². The second-order valence-corrected chi connectivity index (χ2v) is 6.64. The van der Waals surface area contributed by atoms with E-state index in [1.54, 1.807) is 11.8 Å². The van der Waals surface area contributed by atoms with Gasteiger partial charge in [0, 0.05) is 49.2 Å². The van der Waals surface area contributed by atoms with Crippen molar-refractivity contribution in [2.24, 2.45) is 0 Å². The van der Waals surface area contributed by atoms with Gasteiger partial charge in [0.15, 0.2) is 0 Å². The largest absolute Gasteiger partial charge is 0.361 e. The minimum absolute atomic E-state index is 0.0173. The van der Waals surface area contributed by atoms with Gasteiger partial charge in [-0.15, -0.1) is 0 Å². The summed E-state index contributed by atoms with van der Waals surface area (Å²) in [6.07, 6.45) is 3.07. The highest BCUT2D eigenvalue weighted by atomic mass is 16.2. The van der Waals surface area contributed by atoms with Gasteiger partial charge < -0.3 is 15.2 Å². The molecule has 27 heavy (non-hydrogen) atoms. The van der Waals surface area contributed by atoms with E-state index in [1.165, 1.54) is 0 Å². The molecule has 0 atom stereocenters. The monoisotopic (exact) mass is 363 g/mol. The van der Waals surface area contributed by atoms with Crippen molar-refractivity contribution in [3.63, 3.8) is 0 Å². The Hall–Kier alpha value is -3.08. The summed E-state index contributed by atoms with van der Waals surface area (Å²) in [6.45, 7) is 4.74. The molecule has 0 fully saturated rings. The van der Waals surface area contributed by atoms with Gasteiger partial charge in [-0.2, -0.15) is 0 Å². The minimum atomic E-state index is -0.0173. The summed E-state index contributed by atoms with van der Waals surface area (Å²) in [4.78, 5) is 28.9. The van der Waals surface area contributed by atoms with Crippen LogP contribution in [0.4, 0.5) is 5.69 Å². The van der Waals surface area contributed by atoms with E-state index in [-0.39, 0.29) is 11.8 Å². The summed E-state index contributed by atoms with van der Waals surface area (Å²) < 4.78 is 0. The molecule has 0 aliphatic rings. The lowest BCUT2D eigenvalue weighted by atomic mass is 10.1. The molecule has 0 saturated carbocycles. The number of benzene rings is 2. The number of hydrogen-bond donors (Lipinski definition) is 2. The van der Waals surface area contributed by atoms with Gasteiger partial charge in [-0.25, -0.2) is 0 Å². The molecular formula is C22H25N3O2. The van der Waals surface area contributed by atoms with Crippen LogP contribution in [0.25, 0.3) is 10.9 Å². The Bertz CT molecular complexity index is 945. The van der Waals surface area contributed by atoms with Gasteiger partial charge in [0.05, 0.1) is 0 Å². The number of aromatic nitrogens is 1. The Kier molecular flexibility index (Phi) is 5.91. The molecule has 0 aliphatic heterocycles. The van der Waals surface area contributed by atoms with E-state index in [0.29, 0.717) is 25.9 Å². The second kappa shape index (κ2) is 8.54. The second-order valence-electron chi connectivity index (χ2n) is 6.64. The predicted octanol–water partition coefficient (Wildman–Crippen LogP) is 4.11. The van der Waals surface area contributed by atoms with Gasteiger partial charge in [-0.3, -0.25) is 9.59 Å². The summed E-state index contributed by atoms with van der Waals surface area (Å²) in [5, 5.41) is 4.12. The zero-order chi connectivity index (χ0) is 19.2. The molecule has 0 radical (unpaired) electrons. The molecule has 1 aromatic heterocycles. The fraction of sp³-hybridized carbons (Fsp3) is 0.273. The number of nitrogens with one attached hydrogen (secondary N) is 2. The maximum atomic E-state index is 12.4. The van der Waals surface area contributed by atoms with Crippen molar-refractivity contribution in [1.82, 2.24) is 9.88 Å². The number of carbonyl (C=O) groups is 2. The number of anilines is 1. The van der Waals surface area contributed by atoms with Crippen LogP contribution in [0.15, 0.2) is 54.7 Å². The van der Waals surface area contributed by atoms with Crippen molar-refractivity contribution >= 4 is 28.4 Å². The summed E-state index contributed by atoms with van der Waals surface area (Å²) >= 11 is 0. The van der Waals surface area contributed by atoms with Crippen molar-refractivity contribution in [2.45, 2.75) is 33.2 Å². The number of nitrogens with zero attached hydrogens (tertiary/aromatic N) is 1. The van der Waals surface area contributed by atoms with Crippen LogP contribution in [0.3, 0.4) is 0 Å². The smallest absolute Gasteiger partial charge is 0.224 e. The topological polar surface area (TPSA) is 65.2 Å². The molecule has 140 valence electrons. The van der Waals surface area contributed by atoms with Crippen molar-refractivity contribution < 1.29 is 9.59 Å². The van der Waals surface area contributed by atoms with E-state index >= 15 is 0 Å². The molecule has 5 nitrogen and oxygen atoms in total. The molecule has 2 aromatic carbocycles. The molecule has 5 heteroatoms. The Morgan fingerprint density at radius 3 is 2.70 bits per heavy atom. The Morgan fingerprint density at radius 2 is 1.93 bits per heavy atom. The third-order valence-electron chi connectivity index (χ3n) is 4.71. The summed E-state index contributed by atoms with van der Waals surface area (Å²) in [5.41, 5.74) is 4.00. The number of amides is 2. The average molecular weight is 363 g/mol. The van der Waals surface area contributed by atoms with Crippen molar-refractivity contribution in [3.05, 3.63) is 65.9 Å². The predicted molar refractivity (Wildman–Crippen MR) is 108 cm³/mol. The molecule has 3 aromatic rings. The number of para-hydroxylation sites is 1. The maximum Gasteiger partial charge on any atom is 0.224 e. The highest BCUT2D eigenvalue weighted by Crippen LogP contribution is 2.19. The maximum absolute atomic E-state index is 12.4. The Morgan fingerprint density at radius 1 is 1.11 bits per heavy atom. The third kappa shape index (κ3) is 4.76. The molecule has 1 heterocycles. The molecule has 0 unspecified atom stereocenters. The lowest BCUT2D eigenvalue weighted by Crippen LogP contribution is -2.27. The Balaban J connectivity index is 1.59. The lowest BCUT2D eigenvalue weighted by Gasteiger charge is -2.19. The zero-order valence-electron chi connectivity index (χ0n) is 15.8. The fourth-order valence-electron chi connectivity index (χ4n) is 3.22. The number of fused-ring (bicyclic) bond motifs is 1. The first-order valence-corrected chi connectivity index (χ1v) is 9.26. The highest BCUT2D eigenvalue weighted by Gasteiger charge is 2.09.